The number of amides is 2. The summed E-state index contributed by atoms with van der Waals surface area (Å²) in [5.41, 5.74) is 2.21. The fraction of sp³-hybridized carbons (Fsp3) is 0.227. The summed E-state index contributed by atoms with van der Waals surface area (Å²) in [6.45, 7) is 0.496. The summed E-state index contributed by atoms with van der Waals surface area (Å²) in [6.07, 6.45) is 0.825. The molecule has 2 N–H and O–H groups in total. The summed E-state index contributed by atoms with van der Waals surface area (Å²) in [5, 5.41) is 7.88. The molecule has 3 aromatic rings. The van der Waals surface area contributed by atoms with Crippen molar-refractivity contribution in [3.8, 4) is 11.5 Å². The summed E-state index contributed by atoms with van der Waals surface area (Å²) in [5.74, 6) is 0.982. The third kappa shape index (κ3) is 5.81. The molecular weight excluding hydrogens is 402 g/mol. The summed E-state index contributed by atoms with van der Waals surface area (Å²) < 4.78 is 10.5. The molecule has 3 rings (SSSR count). The number of rotatable bonds is 9. The number of nitrogens with zero attached hydrogens (tertiary/aromatic N) is 1. The summed E-state index contributed by atoms with van der Waals surface area (Å²) in [7, 11) is 3.18. The highest BCUT2D eigenvalue weighted by Gasteiger charge is 2.11. The van der Waals surface area contributed by atoms with E-state index in [9.17, 15) is 9.59 Å². The zero-order valence-electron chi connectivity index (χ0n) is 16.8. The van der Waals surface area contributed by atoms with E-state index in [1.807, 2.05) is 24.3 Å². The maximum absolute atomic E-state index is 12.2. The number of carbonyl (C=O) groups is 2. The van der Waals surface area contributed by atoms with Crippen molar-refractivity contribution in [3.63, 3.8) is 0 Å². The number of hydrogen-bond donors (Lipinski definition) is 2. The van der Waals surface area contributed by atoms with Crippen LogP contribution in [0.1, 0.15) is 21.6 Å². The molecule has 0 atom stereocenters. The van der Waals surface area contributed by atoms with Gasteiger partial charge in [-0.15, -0.1) is 11.3 Å². The van der Waals surface area contributed by atoms with Gasteiger partial charge in [0.15, 0.2) is 16.6 Å². The fourth-order valence-corrected chi connectivity index (χ4v) is 3.52. The van der Waals surface area contributed by atoms with E-state index in [2.05, 4.69) is 15.6 Å². The highest BCUT2D eigenvalue weighted by Crippen LogP contribution is 2.27. The monoisotopic (exact) mass is 425 g/mol. The van der Waals surface area contributed by atoms with Gasteiger partial charge in [0.2, 0.25) is 5.91 Å². The third-order valence-electron chi connectivity index (χ3n) is 4.33. The van der Waals surface area contributed by atoms with E-state index in [1.165, 1.54) is 11.3 Å². The summed E-state index contributed by atoms with van der Waals surface area (Å²) >= 11 is 1.29. The van der Waals surface area contributed by atoms with Crippen LogP contribution in [-0.4, -0.2) is 37.6 Å². The smallest absolute Gasteiger partial charge is 0.257 e. The van der Waals surface area contributed by atoms with Gasteiger partial charge < -0.3 is 14.8 Å². The molecule has 156 valence electrons. The average Bonchev–Trinajstić information content (AvgIpc) is 3.20. The van der Waals surface area contributed by atoms with Crippen molar-refractivity contribution >= 4 is 28.3 Å². The van der Waals surface area contributed by atoms with Gasteiger partial charge in [0.1, 0.15) is 0 Å². The van der Waals surface area contributed by atoms with Crippen LogP contribution in [0.2, 0.25) is 0 Å². The maximum atomic E-state index is 12.2. The molecule has 0 saturated heterocycles. The lowest BCUT2D eigenvalue weighted by Gasteiger charge is -2.10. The van der Waals surface area contributed by atoms with Gasteiger partial charge in [0, 0.05) is 17.5 Å². The molecule has 0 aliphatic rings. The van der Waals surface area contributed by atoms with E-state index in [4.69, 9.17) is 9.47 Å². The quantitative estimate of drug-likeness (QED) is 0.549. The molecule has 0 fully saturated rings. The Morgan fingerprint density at radius 2 is 1.80 bits per heavy atom. The number of methoxy groups -OCH3 is 2. The number of carbonyl (C=O) groups excluding carboxylic acids is 2. The zero-order chi connectivity index (χ0) is 21.3. The Labute approximate surface area is 179 Å². The molecule has 1 heterocycles. The van der Waals surface area contributed by atoms with Crippen molar-refractivity contribution in [3.05, 3.63) is 70.7 Å². The van der Waals surface area contributed by atoms with Gasteiger partial charge in [-0.05, 0) is 36.2 Å². The Bertz CT molecular complexity index is 1000. The molecule has 2 amide bonds. The largest absolute Gasteiger partial charge is 0.493 e. The van der Waals surface area contributed by atoms with Crippen LogP contribution in [0.15, 0.2) is 53.9 Å². The second-order valence-corrected chi connectivity index (χ2v) is 7.29. The lowest BCUT2D eigenvalue weighted by molar-refractivity contribution is -0.120. The van der Waals surface area contributed by atoms with Gasteiger partial charge in [0.25, 0.3) is 5.91 Å². The number of ether oxygens (including phenoxy) is 2. The van der Waals surface area contributed by atoms with Crippen molar-refractivity contribution in [1.29, 1.82) is 0 Å². The molecule has 2 aromatic carbocycles. The van der Waals surface area contributed by atoms with Gasteiger partial charge in [-0.25, -0.2) is 4.98 Å². The van der Waals surface area contributed by atoms with Gasteiger partial charge in [-0.2, -0.15) is 0 Å². The normalized spacial score (nSPS) is 10.3. The van der Waals surface area contributed by atoms with Gasteiger partial charge in [-0.3, -0.25) is 14.9 Å². The maximum Gasteiger partial charge on any atom is 0.257 e. The van der Waals surface area contributed by atoms with E-state index in [0.717, 1.165) is 5.56 Å². The minimum Gasteiger partial charge on any atom is -0.493 e. The number of anilines is 1. The Kier molecular flexibility index (Phi) is 7.40. The molecule has 0 bridgehead atoms. The molecule has 0 unspecified atom stereocenters. The lowest BCUT2D eigenvalue weighted by atomic mass is 10.1. The number of aromatic nitrogens is 1. The lowest BCUT2D eigenvalue weighted by Crippen LogP contribution is -2.27. The average molecular weight is 426 g/mol. The molecule has 0 spiro atoms. The molecule has 0 aliphatic carbocycles. The Balaban J connectivity index is 1.46. The number of benzene rings is 2. The Morgan fingerprint density at radius 1 is 1.03 bits per heavy atom. The molecule has 0 aliphatic heterocycles. The molecule has 7 nitrogen and oxygen atoms in total. The van der Waals surface area contributed by atoms with Gasteiger partial charge in [0.05, 0.1) is 26.3 Å². The van der Waals surface area contributed by atoms with Crippen molar-refractivity contribution in [1.82, 2.24) is 10.3 Å². The van der Waals surface area contributed by atoms with E-state index < -0.39 is 0 Å². The van der Waals surface area contributed by atoms with Crippen molar-refractivity contribution < 1.29 is 19.1 Å². The second-order valence-electron chi connectivity index (χ2n) is 6.43. The predicted octanol–water partition coefficient (Wildman–Crippen LogP) is 3.31. The first-order valence-corrected chi connectivity index (χ1v) is 10.3. The second kappa shape index (κ2) is 10.4. The van der Waals surface area contributed by atoms with Crippen molar-refractivity contribution in [2.24, 2.45) is 0 Å². The zero-order valence-corrected chi connectivity index (χ0v) is 17.6. The third-order valence-corrected chi connectivity index (χ3v) is 5.14. The first kappa shape index (κ1) is 21.3. The molecule has 1 aromatic heterocycles. The van der Waals surface area contributed by atoms with Crippen LogP contribution >= 0.6 is 11.3 Å². The molecule has 8 heteroatoms. The SMILES string of the molecule is COc1ccc(CCNC(=O)Cc2csc(NC(=O)c3ccccc3)n2)cc1OC. The van der Waals surface area contributed by atoms with Gasteiger partial charge >= 0.3 is 0 Å². The van der Waals surface area contributed by atoms with E-state index in [-0.39, 0.29) is 18.2 Å². The number of hydrogen-bond acceptors (Lipinski definition) is 6. The Hall–Kier alpha value is -3.39. The van der Waals surface area contributed by atoms with E-state index >= 15 is 0 Å². The molecule has 0 radical (unpaired) electrons. The van der Waals surface area contributed by atoms with E-state index in [1.54, 1.807) is 43.9 Å². The first-order valence-electron chi connectivity index (χ1n) is 9.37. The van der Waals surface area contributed by atoms with Crippen molar-refractivity contribution in [2.75, 3.05) is 26.1 Å². The Morgan fingerprint density at radius 3 is 2.53 bits per heavy atom. The first-order chi connectivity index (χ1) is 14.6. The minimum atomic E-state index is -0.226. The molecular formula is C22H23N3O4S. The van der Waals surface area contributed by atoms with Crippen LogP contribution in [0.4, 0.5) is 5.13 Å². The number of thiazole rings is 1. The van der Waals surface area contributed by atoms with Crippen LogP contribution in [0.3, 0.4) is 0 Å². The standard InChI is InChI=1S/C22H23N3O4S/c1-28-18-9-8-15(12-19(18)29-2)10-11-23-20(26)13-17-14-30-22(24-17)25-21(27)16-6-4-3-5-7-16/h3-9,12,14H,10-11,13H2,1-2H3,(H,23,26)(H,24,25,27). The van der Waals surface area contributed by atoms with Crippen molar-refractivity contribution in [2.45, 2.75) is 12.8 Å². The van der Waals surface area contributed by atoms with Crippen LogP contribution < -0.4 is 20.1 Å². The predicted molar refractivity (Wildman–Crippen MR) is 116 cm³/mol. The van der Waals surface area contributed by atoms with Gasteiger partial charge in [-0.1, -0.05) is 24.3 Å². The minimum absolute atomic E-state index is 0.123. The molecule has 0 saturated carbocycles. The number of nitrogens with one attached hydrogen (secondary N) is 2. The highest BCUT2D eigenvalue weighted by molar-refractivity contribution is 7.14. The molecule has 30 heavy (non-hydrogen) atoms. The summed E-state index contributed by atoms with van der Waals surface area (Å²) in [4.78, 5) is 28.7. The highest BCUT2D eigenvalue weighted by atomic mass is 32.1. The topological polar surface area (TPSA) is 89.6 Å². The summed E-state index contributed by atoms with van der Waals surface area (Å²) in [6, 6.07) is 14.6. The van der Waals surface area contributed by atoms with Crippen LogP contribution in [0.5, 0.6) is 11.5 Å². The van der Waals surface area contributed by atoms with Crippen LogP contribution in [0.25, 0.3) is 0 Å². The fourth-order valence-electron chi connectivity index (χ4n) is 2.81. The van der Waals surface area contributed by atoms with Crippen LogP contribution in [-0.2, 0) is 17.6 Å². The van der Waals surface area contributed by atoms with Crippen LogP contribution in [0, 0.1) is 0 Å². The van der Waals surface area contributed by atoms with E-state index in [0.29, 0.717) is 40.9 Å².